The maximum Gasteiger partial charge on any atom is 0.343 e. The van der Waals surface area contributed by atoms with Crippen molar-refractivity contribution < 1.29 is 47.6 Å². The van der Waals surface area contributed by atoms with E-state index in [-0.39, 0.29) is 35.0 Å². The first-order chi connectivity index (χ1) is 29.3. The van der Waals surface area contributed by atoms with E-state index in [1.54, 1.807) is 60.7 Å². The molecule has 0 aromatic heterocycles. The van der Waals surface area contributed by atoms with Gasteiger partial charge in [0.1, 0.15) is 29.1 Å². The van der Waals surface area contributed by atoms with Crippen LogP contribution in [0.25, 0.3) is 0 Å². The third-order valence-electron chi connectivity index (χ3n) is 10.1. The van der Waals surface area contributed by atoms with E-state index in [0.29, 0.717) is 41.4 Å². The predicted octanol–water partition coefficient (Wildman–Crippen LogP) is 10.8. The first-order valence-electron chi connectivity index (χ1n) is 20.8. The number of benzene rings is 5. The van der Waals surface area contributed by atoms with E-state index in [1.165, 1.54) is 49.2 Å². The molecule has 312 valence electrons. The number of unbranched alkanes of at least 4 members (excludes halogenated alkanes) is 6. The summed E-state index contributed by atoms with van der Waals surface area (Å²) in [4.78, 5) is 54.0. The van der Waals surface area contributed by atoms with Crippen LogP contribution in [0.5, 0.6) is 23.0 Å². The summed E-state index contributed by atoms with van der Waals surface area (Å²) < 4.78 is 35.0. The lowest BCUT2D eigenvalue weighted by molar-refractivity contribution is -0.218. The van der Waals surface area contributed by atoms with Gasteiger partial charge in [-0.3, -0.25) is 9.59 Å². The Morgan fingerprint density at radius 2 is 0.933 bits per heavy atom. The van der Waals surface area contributed by atoms with E-state index in [9.17, 15) is 19.2 Å². The van der Waals surface area contributed by atoms with E-state index in [0.717, 1.165) is 38.5 Å². The lowest BCUT2D eigenvalue weighted by Crippen LogP contribution is -2.45. The molecule has 0 N–H and O–H groups in total. The number of esters is 2. The first-order valence-corrected chi connectivity index (χ1v) is 20.8. The average molecular weight is 813 g/mol. The topological polar surface area (TPSA) is 124 Å². The Labute approximate surface area is 351 Å². The van der Waals surface area contributed by atoms with Gasteiger partial charge in [0, 0.05) is 16.7 Å². The highest BCUT2D eigenvalue weighted by molar-refractivity contribution is 6.06. The summed E-state index contributed by atoms with van der Waals surface area (Å²) in [5.41, 5.74) is 1.96. The Morgan fingerprint density at radius 3 is 1.40 bits per heavy atom. The average Bonchev–Trinajstić information content (AvgIpc) is 3.29. The van der Waals surface area contributed by atoms with E-state index < -0.39 is 36.0 Å². The lowest BCUT2D eigenvalue weighted by Gasteiger charge is -2.35. The first kappa shape index (κ1) is 43.5. The quantitative estimate of drug-likeness (QED) is 0.0306. The molecule has 0 radical (unpaired) electrons. The van der Waals surface area contributed by atoms with Gasteiger partial charge in [-0.25, -0.2) is 9.59 Å². The summed E-state index contributed by atoms with van der Waals surface area (Å²) in [6, 6.07) is 35.0. The molecule has 1 heterocycles. The monoisotopic (exact) mass is 812 g/mol. The largest absolute Gasteiger partial charge is 0.494 e. The van der Waals surface area contributed by atoms with Crippen molar-refractivity contribution in [1.82, 2.24) is 0 Å². The van der Waals surface area contributed by atoms with Crippen molar-refractivity contribution in [1.29, 1.82) is 0 Å². The second kappa shape index (κ2) is 22.3. The molecule has 0 spiro atoms. The molecule has 3 atom stereocenters. The lowest BCUT2D eigenvalue weighted by atomic mass is 9.87. The van der Waals surface area contributed by atoms with Crippen LogP contribution in [-0.2, 0) is 9.47 Å². The maximum atomic E-state index is 14.1. The van der Waals surface area contributed by atoms with E-state index in [1.807, 2.05) is 30.3 Å². The van der Waals surface area contributed by atoms with Crippen LogP contribution >= 0.6 is 0 Å². The van der Waals surface area contributed by atoms with Crippen molar-refractivity contribution >= 4 is 23.5 Å². The van der Waals surface area contributed by atoms with Crippen molar-refractivity contribution in [2.24, 2.45) is 5.92 Å². The van der Waals surface area contributed by atoms with Crippen LogP contribution in [0.1, 0.15) is 118 Å². The molecule has 10 heteroatoms. The van der Waals surface area contributed by atoms with Gasteiger partial charge in [0.05, 0.1) is 36.9 Å². The van der Waals surface area contributed by atoms with Gasteiger partial charge >= 0.3 is 11.9 Å². The molecule has 6 rings (SSSR count). The van der Waals surface area contributed by atoms with Crippen molar-refractivity contribution in [2.75, 3.05) is 19.8 Å². The molecule has 1 saturated heterocycles. The zero-order valence-electron chi connectivity index (χ0n) is 34.2. The van der Waals surface area contributed by atoms with Crippen molar-refractivity contribution in [3.63, 3.8) is 0 Å². The summed E-state index contributed by atoms with van der Waals surface area (Å²) in [7, 11) is 0. The number of hydrogen-bond acceptors (Lipinski definition) is 10. The zero-order valence-corrected chi connectivity index (χ0v) is 34.2. The molecule has 1 aliphatic rings. The summed E-state index contributed by atoms with van der Waals surface area (Å²) in [6.07, 6.45) is 6.76. The molecule has 0 aliphatic carbocycles. The Morgan fingerprint density at radius 1 is 0.500 bits per heavy atom. The fourth-order valence-electron chi connectivity index (χ4n) is 6.69. The van der Waals surface area contributed by atoms with E-state index in [2.05, 4.69) is 13.8 Å². The molecule has 1 aliphatic heterocycles. The number of rotatable bonds is 21. The molecule has 10 nitrogen and oxygen atoms in total. The highest BCUT2D eigenvalue weighted by Crippen LogP contribution is 2.34. The highest BCUT2D eigenvalue weighted by Gasteiger charge is 2.42. The van der Waals surface area contributed by atoms with Crippen molar-refractivity contribution in [2.45, 2.75) is 77.6 Å². The van der Waals surface area contributed by atoms with Crippen LogP contribution < -0.4 is 18.9 Å². The zero-order chi connectivity index (χ0) is 42.1. The van der Waals surface area contributed by atoms with Crippen LogP contribution in [0.2, 0.25) is 0 Å². The minimum Gasteiger partial charge on any atom is -0.494 e. The van der Waals surface area contributed by atoms with Gasteiger partial charge in [0.25, 0.3) is 0 Å². The Hall–Kier alpha value is -6.10. The number of carbonyl (C=O) groups is 4. The highest BCUT2D eigenvalue weighted by atomic mass is 16.7. The Kier molecular flexibility index (Phi) is 16.2. The molecule has 1 fully saturated rings. The molecule has 5 aromatic carbocycles. The molecule has 0 saturated carbocycles. The second-order valence-corrected chi connectivity index (χ2v) is 14.7. The van der Waals surface area contributed by atoms with Gasteiger partial charge in [-0.1, -0.05) is 82.7 Å². The minimum absolute atomic E-state index is 0.0810. The van der Waals surface area contributed by atoms with Gasteiger partial charge < -0.3 is 28.4 Å². The second-order valence-electron chi connectivity index (χ2n) is 14.7. The SMILES string of the molecule is CCCCCCOc1ccc(C(=O)Oc2ccc(C(=O)[C@@H]3CO[C@@H](c4ccccc4)O[C@H]3C(=O)c3ccc(OC(=O)c4ccc(OCCCCCC)cc4)cc3)cc2)cc1. The van der Waals surface area contributed by atoms with Crippen LogP contribution in [0.3, 0.4) is 0 Å². The van der Waals surface area contributed by atoms with Gasteiger partial charge in [-0.2, -0.15) is 0 Å². The van der Waals surface area contributed by atoms with Crippen molar-refractivity contribution in [3.8, 4) is 23.0 Å². The summed E-state index contributed by atoms with van der Waals surface area (Å²) in [6.45, 7) is 5.48. The molecule has 0 bridgehead atoms. The van der Waals surface area contributed by atoms with E-state index >= 15 is 0 Å². The van der Waals surface area contributed by atoms with Gasteiger partial charge in [0.15, 0.2) is 17.9 Å². The number of hydrogen-bond donors (Lipinski definition) is 0. The predicted molar refractivity (Wildman–Crippen MR) is 227 cm³/mol. The van der Waals surface area contributed by atoms with Gasteiger partial charge in [-0.15, -0.1) is 0 Å². The summed E-state index contributed by atoms with van der Waals surface area (Å²) >= 11 is 0. The van der Waals surface area contributed by atoms with Crippen LogP contribution in [-0.4, -0.2) is 49.4 Å². The third-order valence-corrected chi connectivity index (χ3v) is 10.1. The molecular formula is C50H52O10. The molecule has 60 heavy (non-hydrogen) atoms. The van der Waals surface area contributed by atoms with Crippen LogP contribution in [0, 0.1) is 5.92 Å². The maximum absolute atomic E-state index is 14.1. The minimum atomic E-state index is -1.20. The standard InChI is InChI=1S/C50H52O10/c1-3-5-7-12-32-55-40-24-20-37(21-25-40)48(53)58-42-28-16-35(17-29-42)45(51)44-34-57-50(39-14-10-9-11-15-39)60-47(44)46(52)36-18-30-43(31-19-36)59-49(54)38-22-26-41(27-23-38)56-33-13-8-6-4-2/h9-11,14-31,44,47,50H,3-8,12-13,32-34H2,1-2H3/t44-,47+,50+/m0/s1. The fraction of sp³-hybridized carbons (Fsp3) is 0.320. The molecule has 0 amide bonds. The molecule has 0 unspecified atom stereocenters. The molecule has 5 aromatic rings. The Bertz CT molecular complexity index is 2130. The van der Waals surface area contributed by atoms with Gasteiger partial charge in [-0.05, 0) is 110 Å². The fourth-order valence-corrected chi connectivity index (χ4v) is 6.69. The molecular weight excluding hydrogens is 761 g/mol. The smallest absolute Gasteiger partial charge is 0.343 e. The summed E-state index contributed by atoms with van der Waals surface area (Å²) in [5, 5.41) is 0. The number of Topliss-reactive ketones (excluding diaryl/α,β-unsaturated/α-hetero) is 2. The normalized spacial score (nSPS) is 16.1. The van der Waals surface area contributed by atoms with Crippen LogP contribution in [0.4, 0.5) is 0 Å². The van der Waals surface area contributed by atoms with Gasteiger partial charge in [0.2, 0.25) is 0 Å². The van der Waals surface area contributed by atoms with Crippen molar-refractivity contribution in [3.05, 3.63) is 155 Å². The number of ether oxygens (including phenoxy) is 6. The number of carbonyl (C=O) groups excluding carboxylic acids is 4. The third kappa shape index (κ3) is 12.2. The van der Waals surface area contributed by atoms with E-state index in [4.69, 9.17) is 28.4 Å². The Balaban J connectivity index is 1.08. The number of ketones is 2. The van der Waals surface area contributed by atoms with Crippen LogP contribution in [0.15, 0.2) is 127 Å². The summed E-state index contributed by atoms with van der Waals surface area (Å²) in [5.74, 6) is -1.04.